The number of ether oxygens (including phenoxy) is 1. The van der Waals surface area contributed by atoms with E-state index in [4.69, 9.17) is 4.74 Å². The van der Waals surface area contributed by atoms with Crippen molar-refractivity contribution >= 4 is 5.91 Å². The molecule has 126 valence electrons. The molecule has 2 aromatic carbocycles. The van der Waals surface area contributed by atoms with Crippen LogP contribution in [-0.4, -0.2) is 37.0 Å². The van der Waals surface area contributed by atoms with Crippen molar-refractivity contribution in [1.29, 1.82) is 0 Å². The van der Waals surface area contributed by atoms with E-state index in [2.05, 4.69) is 41.4 Å². The lowest BCUT2D eigenvalue weighted by Gasteiger charge is -2.33. The molecule has 0 bridgehead atoms. The summed E-state index contributed by atoms with van der Waals surface area (Å²) in [5.41, 5.74) is 3.42. The molecule has 3 rings (SSSR count). The van der Waals surface area contributed by atoms with E-state index in [-0.39, 0.29) is 11.9 Å². The van der Waals surface area contributed by atoms with Crippen LogP contribution in [0.25, 0.3) is 0 Å². The van der Waals surface area contributed by atoms with Crippen LogP contribution in [0.15, 0.2) is 48.5 Å². The minimum atomic E-state index is -0.0864. The Balaban J connectivity index is 1.58. The second-order valence-corrected chi connectivity index (χ2v) is 6.25. The Kier molecular flexibility index (Phi) is 5.16. The van der Waals surface area contributed by atoms with E-state index in [1.54, 1.807) is 19.2 Å². The molecule has 1 amide bonds. The van der Waals surface area contributed by atoms with Crippen LogP contribution in [0.4, 0.5) is 0 Å². The highest BCUT2D eigenvalue weighted by atomic mass is 16.5. The number of nitrogens with zero attached hydrogens (tertiary/aromatic N) is 1. The summed E-state index contributed by atoms with van der Waals surface area (Å²) in [5, 5.41) is 3.03. The standard InChI is InChI=1S/C20H24N2O2/c1-15(22-12-11-16-7-3-4-8-17(16)14-22)13-21-20(23)18-9-5-6-10-19(18)24-2/h3-10,15H,11-14H2,1-2H3,(H,21,23). The van der Waals surface area contributed by atoms with Gasteiger partial charge in [0.15, 0.2) is 0 Å². The van der Waals surface area contributed by atoms with E-state index >= 15 is 0 Å². The van der Waals surface area contributed by atoms with Crippen molar-refractivity contribution in [3.05, 3.63) is 65.2 Å². The molecule has 1 N–H and O–H groups in total. The molecule has 0 saturated carbocycles. The maximum atomic E-state index is 12.4. The molecule has 0 aromatic heterocycles. The normalized spacial score (nSPS) is 15.4. The Labute approximate surface area is 143 Å². The van der Waals surface area contributed by atoms with Crippen LogP contribution in [0, 0.1) is 0 Å². The lowest BCUT2D eigenvalue weighted by Crippen LogP contribution is -2.44. The third kappa shape index (κ3) is 3.60. The van der Waals surface area contributed by atoms with Gasteiger partial charge in [0.05, 0.1) is 12.7 Å². The Bertz CT molecular complexity index is 714. The zero-order valence-corrected chi connectivity index (χ0v) is 14.3. The fourth-order valence-corrected chi connectivity index (χ4v) is 3.19. The van der Waals surface area contributed by atoms with Crippen molar-refractivity contribution in [3.8, 4) is 5.75 Å². The van der Waals surface area contributed by atoms with E-state index < -0.39 is 0 Å². The monoisotopic (exact) mass is 324 g/mol. The summed E-state index contributed by atoms with van der Waals surface area (Å²) in [5.74, 6) is 0.520. The van der Waals surface area contributed by atoms with Crippen LogP contribution in [0.5, 0.6) is 5.75 Å². The van der Waals surface area contributed by atoms with Gasteiger partial charge in [0, 0.05) is 25.7 Å². The molecule has 0 spiro atoms. The second kappa shape index (κ2) is 7.49. The first-order chi connectivity index (χ1) is 11.7. The van der Waals surface area contributed by atoms with Gasteiger partial charge < -0.3 is 10.1 Å². The number of rotatable bonds is 5. The molecule has 4 heteroatoms. The number of methoxy groups -OCH3 is 1. The van der Waals surface area contributed by atoms with Crippen molar-refractivity contribution in [2.45, 2.75) is 25.9 Å². The summed E-state index contributed by atoms with van der Waals surface area (Å²) in [6.07, 6.45) is 1.07. The molecule has 1 aliphatic heterocycles. The van der Waals surface area contributed by atoms with E-state index in [0.717, 1.165) is 19.5 Å². The SMILES string of the molecule is COc1ccccc1C(=O)NCC(C)N1CCc2ccccc2C1. The Hall–Kier alpha value is -2.33. The zero-order chi connectivity index (χ0) is 16.9. The summed E-state index contributed by atoms with van der Waals surface area (Å²) in [6.45, 7) is 4.76. The first-order valence-electron chi connectivity index (χ1n) is 8.41. The van der Waals surface area contributed by atoms with Crippen LogP contribution >= 0.6 is 0 Å². The first kappa shape index (κ1) is 16.5. The van der Waals surface area contributed by atoms with Gasteiger partial charge in [0.2, 0.25) is 0 Å². The number of para-hydroxylation sites is 1. The summed E-state index contributed by atoms with van der Waals surface area (Å²) in [6, 6.07) is 16.2. The fourth-order valence-electron chi connectivity index (χ4n) is 3.19. The minimum absolute atomic E-state index is 0.0864. The van der Waals surface area contributed by atoms with Crippen LogP contribution in [-0.2, 0) is 13.0 Å². The second-order valence-electron chi connectivity index (χ2n) is 6.25. The van der Waals surface area contributed by atoms with Crippen LogP contribution < -0.4 is 10.1 Å². The Morgan fingerprint density at radius 2 is 1.88 bits per heavy atom. The number of carbonyl (C=O) groups is 1. The van der Waals surface area contributed by atoms with Crippen LogP contribution in [0.3, 0.4) is 0 Å². The summed E-state index contributed by atoms with van der Waals surface area (Å²) in [7, 11) is 1.58. The molecule has 24 heavy (non-hydrogen) atoms. The van der Waals surface area contributed by atoms with E-state index in [0.29, 0.717) is 17.9 Å². The third-order valence-electron chi connectivity index (χ3n) is 4.69. The maximum absolute atomic E-state index is 12.4. The van der Waals surface area contributed by atoms with Gasteiger partial charge in [-0.05, 0) is 36.6 Å². The van der Waals surface area contributed by atoms with Gasteiger partial charge in [-0.1, -0.05) is 36.4 Å². The van der Waals surface area contributed by atoms with Gasteiger partial charge in [-0.2, -0.15) is 0 Å². The molecular weight excluding hydrogens is 300 g/mol. The molecular formula is C20H24N2O2. The number of amides is 1. The van der Waals surface area contributed by atoms with Gasteiger partial charge in [-0.15, -0.1) is 0 Å². The van der Waals surface area contributed by atoms with Gasteiger partial charge in [-0.25, -0.2) is 0 Å². The number of carbonyl (C=O) groups excluding carboxylic acids is 1. The number of hydrogen-bond donors (Lipinski definition) is 1. The van der Waals surface area contributed by atoms with Crippen molar-refractivity contribution < 1.29 is 9.53 Å². The third-order valence-corrected chi connectivity index (χ3v) is 4.69. The van der Waals surface area contributed by atoms with Crippen molar-refractivity contribution in [1.82, 2.24) is 10.2 Å². The smallest absolute Gasteiger partial charge is 0.255 e. The molecule has 0 saturated heterocycles. The number of fused-ring (bicyclic) bond motifs is 1. The summed E-state index contributed by atoms with van der Waals surface area (Å²) < 4.78 is 5.26. The Morgan fingerprint density at radius 3 is 2.67 bits per heavy atom. The average molecular weight is 324 g/mol. The van der Waals surface area contributed by atoms with Crippen molar-refractivity contribution in [2.24, 2.45) is 0 Å². The molecule has 2 aromatic rings. The lowest BCUT2D eigenvalue weighted by molar-refractivity contribution is 0.0929. The predicted octanol–water partition coefficient (Wildman–Crippen LogP) is 2.87. The van der Waals surface area contributed by atoms with Crippen molar-refractivity contribution in [3.63, 3.8) is 0 Å². The van der Waals surface area contributed by atoms with E-state index in [1.807, 2.05) is 12.1 Å². The number of nitrogens with one attached hydrogen (secondary N) is 1. The highest BCUT2D eigenvalue weighted by molar-refractivity contribution is 5.96. The minimum Gasteiger partial charge on any atom is -0.496 e. The molecule has 0 aliphatic carbocycles. The van der Waals surface area contributed by atoms with E-state index in [1.165, 1.54) is 11.1 Å². The maximum Gasteiger partial charge on any atom is 0.255 e. The van der Waals surface area contributed by atoms with E-state index in [9.17, 15) is 4.79 Å². The number of benzene rings is 2. The lowest BCUT2D eigenvalue weighted by atomic mass is 9.99. The fraction of sp³-hybridized carbons (Fsp3) is 0.350. The van der Waals surface area contributed by atoms with Crippen LogP contribution in [0.1, 0.15) is 28.4 Å². The topological polar surface area (TPSA) is 41.6 Å². The molecule has 0 radical (unpaired) electrons. The molecule has 4 nitrogen and oxygen atoms in total. The zero-order valence-electron chi connectivity index (χ0n) is 14.3. The largest absolute Gasteiger partial charge is 0.496 e. The molecule has 0 fully saturated rings. The average Bonchev–Trinajstić information content (AvgIpc) is 2.65. The highest BCUT2D eigenvalue weighted by Crippen LogP contribution is 2.20. The van der Waals surface area contributed by atoms with Crippen molar-refractivity contribution in [2.75, 3.05) is 20.2 Å². The van der Waals surface area contributed by atoms with Gasteiger partial charge in [0.25, 0.3) is 5.91 Å². The van der Waals surface area contributed by atoms with Crippen LogP contribution in [0.2, 0.25) is 0 Å². The molecule has 1 atom stereocenters. The number of hydrogen-bond acceptors (Lipinski definition) is 3. The quantitative estimate of drug-likeness (QED) is 0.919. The molecule has 1 heterocycles. The first-order valence-corrected chi connectivity index (χ1v) is 8.41. The summed E-state index contributed by atoms with van der Waals surface area (Å²) >= 11 is 0. The van der Waals surface area contributed by atoms with Gasteiger partial charge >= 0.3 is 0 Å². The predicted molar refractivity (Wildman–Crippen MR) is 95.3 cm³/mol. The highest BCUT2D eigenvalue weighted by Gasteiger charge is 2.21. The summed E-state index contributed by atoms with van der Waals surface area (Å²) in [4.78, 5) is 14.8. The molecule has 1 aliphatic rings. The van der Waals surface area contributed by atoms with Gasteiger partial charge in [0.1, 0.15) is 5.75 Å². The Morgan fingerprint density at radius 1 is 1.17 bits per heavy atom. The van der Waals surface area contributed by atoms with Gasteiger partial charge in [-0.3, -0.25) is 9.69 Å². The molecule has 1 unspecified atom stereocenters.